The lowest BCUT2D eigenvalue weighted by atomic mass is 9.96. The van der Waals surface area contributed by atoms with Crippen molar-refractivity contribution >= 4 is 38.7 Å². The molecule has 1 atom stereocenters. The molecule has 0 unspecified atom stereocenters. The molecular weight excluding hydrogens is 434 g/mol. The highest BCUT2D eigenvalue weighted by atomic mass is 32.2. The van der Waals surface area contributed by atoms with E-state index in [4.69, 9.17) is 4.74 Å². The van der Waals surface area contributed by atoms with Crippen molar-refractivity contribution in [2.45, 2.75) is 12.5 Å². The molecule has 0 spiro atoms. The van der Waals surface area contributed by atoms with Crippen LogP contribution < -0.4 is 9.46 Å². The maximum Gasteiger partial charge on any atom is 0.284 e. The Balaban J connectivity index is 1.80. The molecule has 1 aliphatic heterocycles. The van der Waals surface area contributed by atoms with E-state index in [9.17, 15) is 13.2 Å². The summed E-state index contributed by atoms with van der Waals surface area (Å²) in [5, 5.41) is 7.94. The molecule has 4 rings (SSSR count). The quantitative estimate of drug-likeness (QED) is 0.606. The second-order valence-corrected chi connectivity index (χ2v) is 9.75. The van der Waals surface area contributed by atoms with Gasteiger partial charge in [0, 0.05) is 17.5 Å². The largest absolute Gasteiger partial charge is 0.496 e. The summed E-state index contributed by atoms with van der Waals surface area (Å²) >= 11 is 1.34. The van der Waals surface area contributed by atoms with Crippen molar-refractivity contribution in [3.05, 3.63) is 82.0 Å². The zero-order valence-electron chi connectivity index (χ0n) is 17.0. The van der Waals surface area contributed by atoms with Gasteiger partial charge in [-0.05, 0) is 29.6 Å². The molecule has 2 aromatic carbocycles. The highest BCUT2D eigenvalue weighted by molar-refractivity contribution is 7.92. The smallest absolute Gasteiger partial charge is 0.284 e. The Kier molecular flexibility index (Phi) is 5.79. The summed E-state index contributed by atoms with van der Waals surface area (Å²) in [5.41, 5.74) is 2.59. The third-order valence-electron chi connectivity index (χ3n) is 4.88. The Bertz CT molecular complexity index is 1240. The van der Waals surface area contributed by atoms with Gasteiger partial charge in [-0.15, -0.1) is 11.3 Å². The van der Waals surface area contributed by atoms with Crippen LogP contribution in [-0.4, -0.2) is 38.4 Å². The van der Waals surface area contributed by atoms with Gasteiger partial charge in [0.25, 0.3) is 5.91 Å². The first-order chi connectivity index (χ1) is 14.9. The van der Waals surface area contributed by atoms with Crippen LogP contribution in [0.25, 0.3) is 0 Å². The van der Waals surface area contributed by atoms with Crippen LogP contribution >= 0.6 is 11.3 Å². The fraction of sp³-hybridized carbons (Fsp3) is 0.182. The number of carbonyl (C=O) groups excluding carboxylic acids is 1. The Morgan fingerprint density at radius 2 is 1.87 bits per heavy atom. The second-order valence-electron chi connectivity index (χ2n) is 7.06. The summed E-state index contributed by atoms with van der Waals surface area (Å²) in [7, 11) is -1.91. The fourth-order valence-electron chi connectivity index (χ4n) is 3.58. The number of para-hydroxylation sites is 2. The fourth-order valence-corrected chi connectivity index (χ4v) is 4.82. The summed E-state index contributed by atoms with van der Waals surface area (Å²) in [6.07, 6.45) is 1.52. The van der Waals surface area contributed by atoms with Crippen LogP contribution in [0, 0.1) is 0 Å². The standard InChI is InChI=1S/C22H21N3O4S2/c1-29-20-11-6-4-9-16(20)18-14-19(25(23-18)22(26)21-12-7-13-30-21)15-8-3-5-10-17(15)24-31(2,27)28/h3-13,19,24H,14H2,1-2H3/t19-/m1/s1. The monoisotopic (exact) mass is 455 g/mol. The number of sulfonamides is 1. The third kappa shape index (κ3) is 4.47. The van der Waals surface area contributed by atoms with E-state index in [1.54, 1.807) is 25.3 Å². The molecule has 1 N–H and O–H groups in total. The van der Waals surface area contributed by atoms with E-state index in [0.717, 1.165) is 11.8 Å². The van der Waals surface area contributed by atoms with Crippen LogP contribution in [0.4, 0.5) is 5.69 Å². The average molecular weight is 456 g/mol. The first-order valence-electron chi connectivity index (χ1n) is 9.52. The number of nitrogens with zero attached hydrogens (tertiary/aromatic N) is 2. The minimum Gasteiger partial charge on any atom is -0.496 e. The van der Waals surface area contributed by atoms with Crippen molar-refractivity contribution in [2.24, 2.45) is 5.10 Å². The molecule has 1 aromatic heterocycles. The average Bonchev–Trinajstić information content (AvgIpc) is 3.43. The van der Waals surface area contributed by atoms with E-state index in [1.165, 1.54) is 16.3 Å². The van der Waals surface area contributed by atoms with Gasteiger partial charge in [0.15, 0.2) is 0 Å². The lowest BCUT2D eigenvalue weighted by Crippen LogP contribution is -2.27. The maximum absolute atomic E-state index is 13.3. The van der Waals surface area contributed by atoms with Crippen molar-refractivity contribution in [3.8, 4) is 5.75 Å². The van der Waals surface area contributed by atoms with Crippen molar-refractivity contribution in [1.82, 2.24) is 5.01 Å². The van der Waals surface area contributed by atoms with Crippen LogP contribution in [-0.2, 0) is 10.0 Å². The maximum atomic E-state index is 13.3. The molecule has 0 bridgehead atoms. The van der Waals surface area contributed by atoms with Gasteiger partial charge in [0.1, 0.15) is 5.75 Å². The van der Waals surface area contributed by atoms with Gasteiger partial charge in [-0.2, -0.15) is 5.10 Å². The molecule has 9 heteroatoms. The number of hydrogen-bond donors (Lipinski definition) is 1. The van der Waals surface area contributed by atoms with Crippen molar-refractivity contribution in [2.75, 3.05) is 18.1 Å². The van der Waals surface area contributed by atoms with Crippen molar-refractivity contribution in [1.29, 1.82) is 0 Å². The van der Waals surface area contributed by atoms with E-state index in [2.05, 4.69) is 9.82 Å². The lowest BCUT2D eigenvalue weighted by Gasteiger charge is -2.23. The number of hydrogen-bond acceptors (Lipinski definition) is 6. The van der Waals surface area contributed by atoms with Gasteiger partial charge < -0.3 is 4.74 Å². The molecule has 7 nitrogen and oxygen atoms in total. The number of benzene rings is 2. The highest BCUT2D eigenvalue weighted by Gasteiger charge is 2.36. The number of anilines is 1. The van der Waals surface area contributed by atoms with E-state index in [1.807, 2.05) is 47.8 Å². The summed E-state index contributed by atoms with van der Waals surface area (Å²) in [6.45, 7) is 0. The Hall–Kier alpha value is -3.17. The van der Waals surface area contributed by atoms with Crippen LogP contribution in [0.1, 0.15) is 33.3 Å². The van der Waals surface area contributed by atoms with Gasteiger partial charge in [0.2, 0.25) is 10.0 Å². The van der Waals surface area contributed by atoms with Crippen molar-refractivity contribution in [3.63, 3.8) is 0 Å². The number of amides is 1. The Morgan fingerprint density at radius 3 is 2.58 bits per heavy atom. The van der Waals surface area contributed by atoms with E-state index < -0.39 is 16.1 Å². The zero-order chi connectivity index (χ0) is 22.0. The predicted octanol–water partition coefficient (Wildman–Crippen LogP) is 4.12. The summed E-state index contributed by atoms with van der Waals surface area (Å²) in [4.78, 5) is 13.8. The van der Waals surface area contributed by atoms with E-state index in [0.29, 0.717) is 34.0 Å². The normalized spacial score (nSPS) is 16.1. The number of methoxy groups -OCH3 is 1. The molecular formula is C22H21N3O4S2. The molecule has 0 fully saturated rings. The molecule has 160 valence electrons. The highest BCUT2D eigenvalue weighted by Crippen LogP contribution is 2.39. The number of thiophene rings is 1. The number of rotatable bonds is 6. The van der Waals surface area contributed by atoms with Gasteiger partial charge >= 0.3 is 0 Å². The lowest BCUT2D eigenvalue weighted by molar-refractivity contribution is 0.0717. The summed E-state index contributed by atoms with van der Waals surface area (Å²) in [6, 6.07) is 17.7. The minimum absolute atomic E-state index is 0.237. The van der Waals surface area contributed by atoms with E-state index >= 15 is 0 Å². The first-order valence-corrected chi connectivity index (χ1v) is 12.3. The molecule has 0 saturated heterocycles. The summed E-state index contributed by atoms with van der Waals surface area (Å²) < 4.78 is 31.8. The molecule has 31 heavy (non-hydrogen) atoms. The molecule has 1 aliphatic rings. The Morgan fingerprint density at radius 1 is 1.13 bits per heavy atom. The molecule has 2 heterocycles. The zero-order valence-corrected chi connectivity index (χ0v) is 18.6. The van der Waals surface area contributed by atoms with Crippen molar-refractivity contribution < 1.29 is 17.9 Å². The molecule has 1 amide bonds. The van der Waals surface area contributed by atoms with Crippen LogP contribution in [0.15, 0.2) is 71.1 Å². The van der Waals surface area contributed by atoms with Gasteiger partial charge in [0.05, 0.1) is 35.7 Å². The van der Waals surface area contributed by atoms with Crippen LogP contribution in [0.3, 0.4) is 0 Å². The topological polar surface area (TPSA) is 88.1 Å². The predicted molar refractivity (Wildman–Crippen MR) is 122 cm³/mol. The molecule has 0 radical (unpaired) electrons. The SMILES string of the molecule is COc1ccccc1C1=NN(C(=O)c2cccs2)[C@@H](c2ccccc2NS(C)(=O)=O)C1. The van der Waals surface area contributed by atoms with E-state index in [-0.39, 0.29) is 5.91 Å². The Labute approximate surface area is 185 Å². The number of hydrazone groups is 1. The third-order valence-corrected chi connectivity index (χ3v) is 6.33. The van der Waals surface area contributed by atoms with Gasteiger partial charge in [-0.1, -0.05) is 36.4 Å². The minimum atomic E-state index is -3.50. The van der Waals surface area contributed by atoms with Crippen LogP contribution in [0.2, 0.25) is 0 Å². The number of nitrogens with one attached hydrogen (secondary N) is 1. The number of carbonyl (C=O) groups is 1. The summed E-state index contributed by atoms with van der Waals surface area (Å²) in [5.74, 6) is 0.423. The van der Waals surface area contributed by atoms with Gasteiger partial charge in [-0.25, -0.2) is 13.4 Å². The molecule has 0 aliphatic carbocycles. The second kappa shape index (κ2) is 8.52. The molecule has 3 aromatic rings. The van der Waals surface area contributed by atoms with Crippen LogP contribution in [0.5, 0.6) is 5.75 Å². The number of ether oxygens (including phenoxy) is 1. The molecule has 0 saturated carbocycles. The van der Waals surface area contributed by atoms with Gasteiger partial charge in [-0.3, -0.25) is 9.52 Å². The first kappa shape index (κ1) is 21.1.